The molecular formula is C17H19ClO3. The van der Waals surface area contributed by atoms with Crippen LogP contribution in [0.4, 0.5) is 0 Å². The summed E-state index contributed by atoms with van der Waals surface area (Å²) >= 11 is 6.01. The molecule has 0 aromatic heterocycles. The molecule has 21 heavy (non-hydrogen) atoms. The first-order chi connectivity index (χ1) is 10.0. The van der Waals surface area contributed by atoms with Gasteiger partial charge in [-0.05, 0) is 43.7 Å². The fraction of sp³-hybridized carbons (Fsp3) is 0.294. The van der Waals surface area contributed by atoms with Gasteiger partial charge in [0, 0.05) is 16.1 Å². The van der Waals surface area contributed by atoms with Gasteiger partial charge in [-0.1, -0.05) is 23.7 Å². The van der Waals surface area contributed by atoms with Crippen molar-refractivity contribution in [3.63, 3.8) is 0 Å². The SMILES string of the molecule is COc1ccc(Cl)cc1COc1cc(C)ccc1[C@@H](C)O. The van der Waals surface area contributed by atoms with Crippen LogP contribution in [-0.2, 0) is 6.61 Å². The Kier molecular flexibility index (Phi) is 5.10. The van der Waals surface area contributed by atoms with Crippen LogP contribution < -0.4 is 9.47 Å². The first-order valence-corrected chi connectivity index (χ1v) is 7.13. The lowest BCUT2D eigenvalue weighted by Crippen LogP contribution is -2.03. The Hall–Kier alpha value is -1.71. The van der Waals surface area contributed by atoms with E-state index >= 15 is 0 Å². The lowest BCUT2D eigenvalue weighted by atomic mass is 10.1. The summed E-state index contributed by atoms with van der Waals surface area (Å²) in [5.41, 5.74) is 2.71. The minimum Gasteiger partial charge on any atom is -0.496 e. The lowest BCUT2D eigenvalue weighted by Gasteiger charge is -2.15. The fourth-order valence-electron chi connectivity index (χ4n) is 2.13. The second-order valence-corrected chi connectivity index (χ2v) is 5.40. The van der Waals surface area contributed by atoms with Crippen LogP contribution in [0.5, 0.6) is 11.5 Å². The molecule has 2 rings (SSSR count). The summed E-state index contributed by atoms with van der Waals surface area (Å²) in [5.74, 6) is 1.40. The molecule has 0 saturated carbocycles. The highest BCUT2D eigenvalue weighted by molar-refractivity contribution is 6.30. The van der Waals surface area contributed by atoms with Gasteiger partial charge in [0.25, 0.3) is 0 Å². The van der Waals surface area contributed by atoms with Crippen molar-refractivity contribution in [2.75, 3.05) is 7.11 Å². The van der Waals surface area contributed by atoms with Crippen LogP contribution in [0.15, 0.2) is 36.4 Å². The number of aliphatic hydroxyl groups excluding tert-OH is 1. The zero-order valence-electron chi connectivity index (χ0n) is 12.4. The van der Waals surface area contributed by atoms with Gasteiger partial charge >= 0.3 is 0 Å². The fourth-order valence-corrected chi connectivity index (χ4v) is 2.32. The number of hydrogen-bond acceptors (Lipinski definition) is 3. The first-order valence-electron chi connectivity index (χ1n) is 6.75. The molecular weight excluding hydrogens is 288 g/mol. The number of benzene rings is 2. The van der Waals surface area contributed by atoms with Gasteiger partial charge in [-0.2, -0.15) is 0 Å². The van der Waals surface area contributed by atoms with E-state index in [4.69, 9.17) is 21.1 Å². The van der Waals surface area contributed by atoms with E-state index < -0.39 is 6.10 Å². The summed E-state index contributed by atoms with van der Waals surface area (Å²) in [4.78, 5) is 0. The van der Waals surface area contributed by atoms with E-state index in [9.17, 15) is 5.11 Å². The van der Waals surface area contributed by atoms with E-state index in [0.717, 1.165) is 22.4 Å². The topological polar surface area (TPSA) is 38.7 Å². The molecule has 2 aromatic carbocycles. The van der Waals surface area contributed by atoms with Gasteiger partial charge in [0.2, 0.25) is 0 Å². The van der Waals surface area contributed by atoms with Gasteiger partial charge in [0.05, 0.1) is 13.2 Å². The van der Waals surface area contributed by atoms with Crippen LogP contribution in [0.1, 0.15) is 29.7 Å². The molecule has 3 nitrogen and oxygen atoms in total. The predicted octanol–water partition coefficient (Wildman–Crippen LogP) is 4.29. The Labute approximate surface area is 130 Å². The molecule has 0 saturated heterocycles. The molecule has 4 heteroatoms. The van der Waals surface area contributed by atoms with E-state index in [-0.39, 0.29) is 0 Å². The molecule has 0 fully saturated rings. The van der Waals surface area contributed by atoms with E-state index in [1.807, 2.05) is 37.3 Å². The maximum atomic E-state index is 9.81. The maximum absolute atomic E-state index is 9.81. The number of rotatable bonds is 5. The summed E-state index contributed by atoms with van der Waals surface area (Å²) in [5, 5.41) is 10.4. The second kappa shape index (κ2) is 6.83. The minimum atomic E-state index is -0.582. The Balaban J connectivity index is 2.24. The van der Waals surface area contributed by atoms with Gasteiger partial charge < -0.3 is 14.6 Å². The Morgan fingerprint density at radius 1 is 1.14 bits per heavy atom. The van der Waals surface area contributed by atoms with Crippen molar-refractivity contribution >= 4 is 11.6 Å². The molecule has 112 valence electrons. The molecule has 1 atom stereocenters. The Morgan fingerprint density at radius 3 is 2.57 bits per heavy atom. The van der Waals surface area contributed by atoms with Gasteiger partial charge in [0.1, 0.15) is 18.1 Å². The maximum Gasteiger partial charge on any atom is 0.125 e. The first kappa shape index (κ1) is 15.7. The standard InChI is InChI=1S/C17H19ClO3/c1-11-4-6-15(12(2)19)17(8-11)21-10-13-9-14(18)5-7-16(13)20-3/h4-9,12,19H,10H2,1-3H3/t12-/m1/s1. The number of methoxy groups -OCH3 is 1. The van der Waals surface area contributed by atoms with Crippen molar-refractivity contribution in [2.24, 2.45) is 0 Å². The molecule has 0 aliphatic rings. The van der Waals surface area contributed by atoms with Crippen LogP contribution >= 0.6 is 11.6 Å². The van der Waals surface area contributed by atoms with E-state index in [1.165, 1.54) is 0 Å². The molecule has 0 aliphatic carbocycles. The van der Waals surface area contributed by atoms with Crippen molar-refractivity contribution in [3.05, 3.63) is 58.1 Å². The molecule has 0 unspecified atom stereocenters. The largest absolute Gasteiger partial charge is 0.496 e. The summed E-state index contributed by atoms with van der Waals surface area (Å²) in [7, 11) is 1.61. The molecule has 0 aliphatic heterocycles. The van der Waals surface area contributed by atoms with Gasteiger partial charge in [-0.25, -0.2) is 0 Å². The molecule has 0 radical (unpaired) electrons. The van der Waals surface area contributed by atoms with E-state index in [1.54, 1.807) is 20.1 Å². The second-order valence-electron chi connectivity index (χ2n) is 4.96. The Morgan fingerprint density at radius 2 is 1.90 bits per heavy atom. The van der Waals surface area contributed by atoms with Crippen molar-refractivity contribution < 1.29 is 14.6 Å². The molecule has 0 spiro atoms. The quantitative estimate of drug-likeness (QED) is 0.895. The third-order valence-electron chi connectivity index (χ3n) is 3.24. The van der Waals surface area contributed by atoms with Crippen molar-refractivity contribution in [1.82, 2.24) is 0 Å². The van der Waals surface area contributed by atoms with Gasteiger partial charge in [-0.3, -0.25) is 0 Å². The summed E-state index contributed by atoms with van der Waals surface area (Å²) in [6.45, 7) is 4.03. The number of hydrogen-bond donors (Lipinski definition) is 1. The average Bonchev–Trinajstić information content (AvgIpc) is 2.45. The third kappa shape index (κ3) is 3.90. The summed E-state index contributed by atoms with van der Waals surface area (Å²) < 4.78 is 11.2. The summed E-state index contributed by atoms with van der Waals surface area (Å²) in [6, 6.07) is 11.2. The average molecular weight is 307 g/mol. The number of aryl methyl sites for hydroxylation is 1. The number of halogens is 1. The predicted molar refractivity (Wildman–Crippen MR) is 84.1 cm³/mol. The van der Waals surface area contributed by atoms with Crippen molar-refractivity contribution in [3.8, 4) is 11.5 Å². The molecule has 0 amide bonds. The zero-order valence-corrected chi connectivity index (χ0v) is 13.1. The van der Waals surface area contributed by atoms with E-state index in [2.05, 4.69) is 0 Å². The van der Waals surface area contributed by atoms with Crippen molar-refractivity contribution in [2.45, 2.75) is 26.6 Å². The minimum absolute atomic E-state index is 0.326. The zero-order chi connectivity index (χ0) is 15.4. The number of ether oxygens (including phenoxy) is 2. The monoisotopic (exact) mass is 306 g/mol. The van der Waals surface area contributed by atoms with Crippen LogP contribution in [0.3, 0.4) is 0 Å². The van der Waals surface area contributed by atoms with Gasteiger partial charge in [-0.15, -0.1) is 0 Å². The highest BCUT2D eigenvalue weighted by atomic mass is 35.5. The van der Waals surface area contributed by atoms with Crippen LogP contribution in [-0.4, -0.2) is 12.2 Å². The van der Waals surface area contributed by atoms with Crippen LogP contribution in [0.2, 0.25) is 5.02 Å². The third-order valence-corrected chi connectivity index (χ3v) is 3.48. The molecule has 2 aromatic rings. The summed E-state index contributed by atoms with van der Waals surface area (Å²) in [6.07, 6.45) is -0.582. The highest BCUT2D eigenvalue weighted by Crippen LogP contribution is 2.29. The van der Waals surface area contributed by atoms with E-state index in [0.29, 0.717) is 17.4 Å². The van der Waals surface area contributed by atoms with Crippen LogP contribution in [0.25, 0.3) is 0 Å². The van der Waals surface area contributed by atoms with Gasteiger partial charge in [0.15, 0.2) is 0 Å². The van der Waals surface area contributed by atoms with Crippen molar-refractivity contribution in [1.29, 1.82) is 0 Å². The lowest BCUT2D eigenvalue weighted by molar-refractivity contribution is 0.190. The highest BCUT2D eigenvalue weighted by Gasteiger charge is 2.11. The normalized spacial score (nSPS) is 12.0. The molecule has 0 bridgehead atoms. The smallest absolute Gasteiger partial charge is 0.125 e. The number of aliphatic hydroxyl groups is 1. The van der Waals surface area contributed by atoms with Crippen LogP contribution in [0, 0.1) is 6.92 Å². The molecule has 0 heterocycles. The Bertz CT molecular complexity index is 623. The molecule has 1 N–H and O–H groups in total.